The van der Waals surface area contributed by atoms with Crippen molar-refractivity contribution in [3.8, 4) is 56.1 Å². The van der Waals surface area contributed by atoms with Crippen LogP contribution < -0.4 is 0 Å². The molecule has 3 heterocycles. The van der Waals surface area contributed by atoms with Crippen molar-refractivity contribution in [3.63, 3.8) is 0 Å². The van der Waals surface area contributed by atoms with Crippen LogP contribution in [0.15, 0.2) is 217 Å². The van der Waals surface area contributed by atoms with E-state index in [9.17, 15) is 0 Å². The predicted octanol–water partition coefficient (Wildman–Crippen LogP) is 14.7. The van der Waals surface area contributed by atoms with Gasteiger partial charge in [-0.15, -0.1) is 0 Å². The first-order chi connectivity index (χ1) is 29.2. The van der Waals surface area contributed by atoms with Gasteiger partial charge in [-0.1, -0.05) is 146 Å². The van der Waals surface area contributed by atoms with Crippen molar-refractivity contribution >= 4 is 54.8 Å². The Labute approximate surface area is 340 Å². The second-order valence-corrected chi connectivity index (χ2v) is 15.2. The molecule has 0 amide bonds. The minimum atomic E-state index is 0.818. The van der Waals surface area contributed by atoms with Crippen LogP contribution in [-0.2, 0) is 0 Å². The number of nitrogens with zero attached hydrogens (tertiary/aromatic N) is 3. The van der Waals surface area contributed by atoms with E-state index in [1.54, 1.807) is 0 Å². The molecule has 276 valence electrons. The monoisotopic (exact) mass is 753 g/mol. The van der Waals surface area contributed by atoms with Crippen LogP contribution in [0, 0.1) is 0 Å². The van der Waals surface area contributed by atoms with Crippen LogP contribution in [0.3, 0.4) is 0 Å². The topological polar surface area (TPSA) is 35.9 Å². The predicted molar refractivity (Wildman–Crippen MR) is 244 cm³/mol. The number of hydrogen-bond acceptors (Lipinski definition) is 2. The molecule has 9 aromatic carbocycles. The van der Waals surface area contributed by atoms with Crippen LogP contribution in [0.2, 0.25) is 0 Å². The fourth-order valence-electron chi connectivity index (χ4n) is 8.99. The summed E-state index contributed by atoms with van der Waals surface area (Å²) in [6.07, 6.45) is 0. The summed E-state index contributed by atoms with van der Waals surface area (Å²) in [6, 6.07) is 75.5. The second kappa shape index (κ2) is 13.3. The van der Waals surface area contributed by atoms with Gasteiger partial charge in [0.05, 0.1) is 22.1 Å². The Kier molecular flexibility index (Phi) is 7.50. The highest BCUT2D eigenvalue weighted by molar-refractivity contribution is 6.15. The lowest BCUT2D eigenvalue weighted by Gasteiger charge is -2.14. The normalized spacial score (nSPS) is 11.7. The summed E-state index contributed by atoms with van der Waals surface area (Å²) in [5.74, 6) is 0.863. The summed E-state index contributed by atoms with van der Waals surface area (Å²) in [7, 11) is 0. The number of fused-ring (bicyclic) bond motifs is 7. The summed E-state index contributed by atoms with van der Waals surface area (Å²) >= 11 is 0. The molecule has 4 heteroatoms. The molecule has 3 aromatic heterocycles. The van der Waals surface area contributed by atoms with Crippen LogP contribution in [0.4, 0.5) is 0 Å². The number of rotatable bonds is 6. The van der Waals surface area contributed by atoms with Gasteiger partial charge in [0.15, 0.2) is 0 Å². The fraction of sp³-hybridized carbons (Fsp3) is 0. The quantitative estimate of drug-likeness (QED) is 0.169. The van der Waals surface area contributed by atoms with Gasteiger partial charge in [-0.2, -0.15) is 0 Å². The van der Waals surface area contributed by atoms with Crippen molar-refractivity contribution in [1.29, 1.82) is 0 Å². The lowest BCUT2D eigenvalue weighted by Crippen LogP contribution is -1.99. The number of furan rings is 1. The largest absolute Gasteiger partial charge is 0.456 e. The van der Waals surface area contributed by atoms with E-state index >= 15 is 0 Å². The third kappa shape index (κ3) is 5.42. The maximum absolute atomic E-state index is 6.98. The molecule has 0 spiro atoms. The smallest absolute Gasteiger partial charge is 0.146 e. The number of benzene rings is 9. The molecule has 0 radical (unpaired) electrons. The SMILES string of the molecule is c1ccc(-c2cccc(-n3c(-c4cc(-c5ccccc5)cc5oc6cc(-n7c8ccccc8c8ccc(-c9ccccc9)cc87)ccc6c45)nc4ccccc43)c2)cc1. The van der Waals surface area contributed by atoms with E-state index in [0.717, 1.165) is 83.5 Å². The number of imidazole rings is 1. The molecule has 12 aromatic rings. The Balaban J connectivity index is 1.11. The van der Waals surface area contributed by atoms with Crippen molar-refractivity contribution in [3.05, 3.63) is 212 Å². The van der Waals surface area contributed by atoms with E-state index in [2.05, 4.69) is 221 Å². The van der Waals surface area contributed by atoms with Crippen LogP contribution in [0.25, 0.3) is 111 Å². The molecule has 0 fully saturated rings. The number of para-hydroxylation sites is 3. The lowest BCUT2D eigenvalue weighted by atomic mass is 9.98. The van der Waals surface area contributed by atoms with Gasteiger partial charge in [-0.25, -0.2) is 4.98 Å². The van der Waals surface area contributed by atoms with Crippen molar-refractivity contribution in [1.82, 2.24) is 14.1 Å². The standard InChI is InChI=1S/C55H35N3O/c1-4-15-36(16-5-1)39-21-14-22-42(31-39)58-50-26-13-11-24-48(50)56-55(58)47-32-41(38-19-8-3-9-20-38)34-53-54(47)46-30-28-43(35-52(46)59-53)57-49-25-12-10-23-44(49)45-29-27-40(33-51(45)57)37-17-6-2-7-18-37/h1-35H. The zero-order chi connectivity index (χ0) is 38.9. The van der Waals surface area contributed by atoms with Crippen LogP contribution >= 0.6 is 0 Å². The summed E-state index contributed by atoms with van der Waals surface area (Å²) in [5.41, 5.74) is 15.9. The second-order valence-electron chi connectivity index (χ2n) is 15.2. The maximum Gasteiger partial charge on any atom is 0.146 e. The highest BCUT2D eigenvalue weighted by atomic mass is 16.3. The Hall–Kier alpha value is -7.95. The fourth-order valence-corrected chi connectivity index (χ4v) is 8.99. The molecule has 0 bridgehead atoms. The van der Waals surface area contributed by atoms with Crippen molar-refractivity contribution in [2.24, 2.45) is 0 Å². The number of hydrogen-bond donors (Lipinski definition) is 0. The molecule has 0 N–H and O–H groups in total. The molecule has 0 saturated carbocycles. The highest BCUT2D eigenvalue weighted by Crippen LogP contribution is 2.43. The molecule has 4 nitrogen and oxygen atoms in total. The van der Waals surface area contributed by atoms with Gasteiger partial charge >= 0.3 is 0 Å². The molecule has 0 aliphatic carbocycles. The first kappa shape index (κ1) is 33.2. The third-order valence-corrected chi connectivity index (χ3v) is 11.7. The van der Waals surface area contributed by atoms with Gasteiger partial charge in [-0.05, 0) is 94.0 Å². The zero-order valence-electron chi connectivity index (χ0n) is 32.0. The Morgan fingerprint density at radius 3 is 1.69 bits per heavy atom. The Morgan fingerprint density at radius 1 is 0.339 bits per heavy atom. The van der Waals surface area contributed by atoms with Crippen molar-refractivity contribution in [2.45, 2.75) is 0 Å². The van der Waals surface area contributed by atoms with Crippen molar-refractivity contribution < 1.29 is 4.42 Å². The molecular formula is C55H35N3O. The molecule has 0 unspecified atom stereocenters. The number of aromatic nitrogens is 3. The van der Waals surface area contributed by atoms with E-state index in [0.29, 0.717) is 0 Å². The molecular weight excluding hydrogens is 719 g/mol. The zero-order valence-corrected chi connectivity index (χ0v) is 32.0. The van der Waals surface area contributed by atoms with Crippen molar-refractivity contribution in [2.75, 3.05) is 0 Å². The molecule has 59 heavy (non-hydrogen) atoms. The van der Waals surface area contributed by atoms with E-state index in [4.69, 9.17) is 9.40 Å². The van der Waals surface area contributed by atoms with Crippen LogP contribution in [0.5, 0.6) is 0 Å². The minimum absolute atomic E-state index is 0.818. The minimum Gasteiger partial charge on any atom is -0.456 e. The van der Waals surface area contributed by atoms with E-state index < -0.39 is 0 Å². The van der Waals surface area contributed by atoms with E-state index in [-0.39, 0.29) is 0 Å². The summed E-state index contributed by atoms with van der Waals surface area (Å²) in [5, 5.41) is 4.52. The summed E-state index contributed by atoms with van der Waals surface area (Å²) < 4.78 is 11.7. The van der Waals surface area contributed by atoms with Gasteiger partial charge < -0.3 is 8.98 Å². The summed E-state index contributed by atoms with van der Waals surface area (Å²) in [4.78, 5) is 5.41. The van der Waals surface area contributed by atoms with Gasteiger partial charge in [-0.3, -0.25) is 4.57 Å². The van der Waals surface area contributed by atoms with E-state index in [1.165, 1.54) is 27.5 Å². The Bertz CT molecular complexity index is 3540. The lowest BCUT2D eigenvalue weighted by molar-refractivity contribution is 0.669. The molecule has 0 aliphatic heterocycles. The van der Waals surface area contributed by atoms with Crippen LogP contribution in [0.1, 0.15) is 0 Å². The first-order valence-electron chi connectivity index (χ1n) is 20.0. The van der Waals surface area contributed by atoms with Crippen LogP contribution in [-0.4, -0.2) is 14.1 Å². The third-order valence-electron chi connectivity index (χ3n) is 11.7. The van der Waals surface area contributed by atoms with Gasteiger partial charge in [0.1, 0.15) is 17.0 Å². The van der Waals surface area contributed by atoms with Gasteiger partial charge in [0.2, 0.25) is 0 Å². The van der Waals surface area contributed by atoms with Gasteiger partial charge in [0.25, 0.3) is 0 Å². The van der Waals surface area contributed by atoms with E-state index in [1.807, 2.05) is 0 Å². The molecule has 12 rings (SSSR count). The molecule has 0 aliphatic rings. The first-order valence-corrected chi connectivity index (χ1v) is 20.0. The molecule has 0 atom stereocenters. The summed E-state index contributed by atoms with van der Waals surface area (Å²) in [6.45, 7) is 0. The highest BCUT2D eigenvalue weighted by Gasteiger charge is 2.23. The molecule has 0 saturated heterocycles. The average Bonchev–Trinajstić information content (AvgIpc) is 3.99. The maximum atomic E-state index is 6.98. The Morgan fingerprint density at radius 2 is 0.932 bits per heavy atom. The average molecular weight is 754 g/mol. The van der Waals surface area contributed by atoms with Gasteiger partial charge in [0, 0.05) is 44.5 Å².